The van der Waals surface area contributed by atoms with E-state index in [1.807, 2.05) is 0 Å². The maximum Gasteiger partial charge on any atom is 0.336 e. The fourth-order valence-corrected chi connectivity index (χ4v) is 3.96. The number of aromatic hydroxyl groups is 1. The Hall–Kier alpha value is -3.60. The van der Waals surface area contributed by atoms with E-state index < -0.39 is 5.97 Å². The molecule has 2 aromatic rings. The third-order valence-corrected chi connectivity index (χ3v) is 5.49. The van der Waals surface area contributed by atoms with E-state index in [0.29, 0.717) is 55.7 Å². The van der Waals surface area contributed by atoms with E-state index in [-0.39, 0.29) is 16.7 Å². The van der Waals surface area contributed by atoms with Crippen LogP contribution in [0.1, 0.15) is 32.6 Å². The van der Waals surface area contributed by atoms with Crippen LogP contribution in [0.25, 0.3) is 33.4 Å². The molecule has 5 heteroatoms. The number of aromatic carboxylic acids is 1. The van der Waals surface area contributed by atoms with Crippen LogP contribution >= 0.6 is 0 Å². The van der Waals surface area contributed by atoms with E-state index in [0.717, 1.165) is 0 Å². The molecule has 0 spiro atoms. The number of hydrogen-bond donors (Lipinski definition) is 2. The average Bonchev–Trinajstić information content (AvgIpc) is 2.69. The number of carboxylic acid groups (broad SMARTS) is 1. The van der Waals surface area contributed by atoms with Gasteiger partial charge in [0, 0.05) is 27.6 Å². The third-order valence-electron chi connectivity index (χ3n) is 5.49. The minimum atomic E-state index is -1.04. The van der Waals surface area contributed by atoms with Gasteiger partial charge in [0.05, 0.1) is 5.56 Å². The van der Waals surface area contributed by atoms with Gasteiger partial charge in [-0.25, -0.2) is 4.79 Å². The third kappa shape index (κ3) is 2.70. The Labute approximate surface area is 167 Å². The highest BCUT2D eigenvalue weighted by Crippen LogP contribution is 2.45. The summed E-state index contributed by atoms with van der Waals surface area (Å²) in [6.07, 6.45) is 0. The van der Waals surface area contributed by atoms with Crippen LogP contribution in [0, 0.1) is 27.7 Å². The van der Waals surface area contributed by atoms with Crippen molar-refractivity contribution in [3.05, 3.63) is 74.4 Å². The first-order valence-corrected chi connectivity index (χ1v) is 9.25. The second-order valence-electron chi connectivity index (χ2n) is 7.40. The van der Waals surface area contributed by atoms with Gasteiger partial charge in [-0.05, 0) is 62.6 Å². The number of rotatable bonds is 2. The van der Waals surface area contributed by atoms with Crippen LogP contribution in [-0.2, 0) is 0 Å². The first-order valence-electron chi connectivity index (χ1n) is 9.25. The normalized spacial score (nSPS) is 11.3. The van der Waals surface area contributed by atoms with Gasteiger partial charge in [-0.15, -0.1) is 0 Å². The van der Waals surface area contributed by atoms with Crippen molar-refractivity contribution in [3.8, 4) is 28.2 Å². The lowest BCUT2D eigenvalue weighted by Crippen LogP contribution is -2.12. The number of carboxylic acids is 1. The molecule has 1 aliphatic carbocycles. The fraction of sp³-hybridized carbons (Fsp3) is 0.167. The zero-order valence-electron chi connectivity index (χ0n) is 16.6. The predicted molar refractivity (Wildman–Crippen MR) is 112 cm³/mol. The summed E-state index contributed by atoms with van der Waals surface area (Å²) < 4.78 is 6.13. The van der Waals surface area contributed by atoms with E-state index in [2.05, 4.69) is 0 Å². The van der Waals surface area contributed by atoms with Crippen LogP contribution in [0.3, 0.4) is 0 Å². The van der Waals surface area contributed by atoms with Crippen LogP contribution in [0.2, 0.25) is 0 Å². The van der Waals surface area contributed by atoms with Crippen molar-refractivity contribution in [3.63, 3.8) is 0 Å². The zero-order chi connectivity index (χ0) is 21.0. The highest BCUT2D eigenvalue weighted by molar-refractivity contribution is 6.08. The number of hydrogen-bond acceptors (Lipinski definition) is 4. The number of aryl methyl sites for hydroxylation is 3. The van der Waals surface area contributed by atoms with Gasteiger partial charge in [0.2, 0.25) is 0 Å². The molecule has 29 heavy (non-hydrogen) atoms. The van der Waals surface area contributed by atoms with Crippen molar-refractivity contribution in [1.29, 1.82) is 0 Å². The van der Waals surface area contributed by atoms with Gasteiger partial charge in [-0.2, -0.15) is 0 Å². The SMILES string of the molecule is Cc1cc2c(-c3ccccc3C(=O)O)c3cc(C)c(=O)c(C)c-3oc2c(C)c1O. The summed E-state index contributed by atoms with van der Waals surface area (Å²) in [7, 11) is 0. The molecule has 2 aliphatic rings. The number of phenols is 1. The standard InChI is InChI=1S/C24H20O5/c1-11-9-17-19(15-7-5-6-8-16(15)24(27)28)18-10-12(2)21(26)14(4)23(18)29-22(17)13(3)20(11)25/h5-10,25H,1-4H3,(H,27,28). The number of phenolic OH excluding ortho intramolecular Hbond substituents is 1. The molecule has 2 aromatic carbocycles. The smallest absolute Gasteiger partial charge is 0.336 e. The highest BCUT2D eigenvalue weighted by atomic mass is 16.4. The molecule has 5 nitrogen and oxygen atoms in total. The lowest BCUT2D eigenvalue weighted by molar-refractivity contribution is 0.0697. The molecule has 146 valence electrons. The van der Waals surface area contributed by atoms with Gasteiger partial charge in [0.1, 0.15) is 17.1 Å². The summed E-state index contributed by atoms with van der Waals surface area (Å²) in [5, 5.41) is 20.9. The monoisotopic (exact) mass is 388 g/mol. The van der Waals surface area contributed by atoms with Crippen molar-refractivity contribution >= 4 is 16.9 Å². The first kappa shape index (κ1) is 18.7. The van der Waals surface area contributed by atoms with Crippen molar-refractivity contribution in [2.45, 2.75) is 27.7 Å². The lowest BCUT2D eigenvalue weighted by Gasteiger charge is -2.20. The lowest BCUT2D eigenvalue weighted by atomic mass is 9.87. The maximum absolute atomic E-state index is 12.5. The van der Waals surface area contributed by atoms with Gasteiger partial charge in [-0.3, -0.25) is 4.79 Å². The predicted octanol–water partition coefficient (Wildman–Crippen LogP) is 5.20. The second kappa shape index (κ2) is 6.48. The van der Waals surface area contributed by atoms with E-state index in [4.69, 9.17) is 4.42 Å². The zero-order valence-corrected chi connectivity index (χ0v) is 16.6. The molecular formula is C24H20O5. The molecule has 4 rings (SSSR count). The Bertz CT molecular complexity index is 1340. The number of carbonyl (C=O) groups is 1. The van der Waals surface area contributed by atoms with E-state index >= 15 is 0 Å². The van der Waals surface area contributed by atoms with Crippen LogP contribution in [0.4, 0.5) is 0 Å². The van der Waals surface area contributed by atoms with Crippen molar-refractivity contribution in [2.24, 2.45) is 0 Å². The number of benzene rings is 3. The molecule has 0 unspecified atom stereocenters. The van der Waals surface area contributed by atoms with Gasteiger partial charge in [-0.1, -0.05) is 18.2 Å². The highest BCUT2D eigenvalue weighted by Gasteiger charge is 2.25. The summed E-state index contributed by atoms with van der Waals surface area (Å²) in [6.45, 7) is 6.97. The van der Waals surface area contributed by atoms with Crippen LogP contribution < -0.4 is 5.43 Å². The summed E-state index contributed by atoms with van der Waals surface area (Å²) in [5.41, 5.74) is 4.58. The molecule has 0 aromatic heterocycles. The first-order chi connectivity index (χ1) is 13.7. The molecule has 2 N–H and O–H groups in total. The molecule has 0 bridgehead atoms. The molecule has 0 amide bonds. The summed E-state index contributed by atoms with van der Waals surface area (Å²) >= 11 is 0. The Kier molecular flexibility index (Phi) is 4.19. The van der Waals surface area contributed by atoms with Crippen LogP contribution in [-0.4, -0.2) is 16.2 Å². The largest absolute Gasteiger partial charge is 0.507 e. The van der Waals surface area contributed by atoms with Crippen LogP contribution in [0.5, 0.6) is 5.75 Å². The molecule has 0 saturated heterocycles. The van der Waals surface area contributed by atoms with Crippen LogP contribution in [0.15, 0.2) is 45.6 Å². The quantitative estimate of drug-likeness (QED) is 0.461. The molecule has 0 saturated carbocycles. The van der Waals surface area contributed by atoms with Gasteiger partial charge in [0.15, 0.2) is 5.43 Å². The topological polar surface area (TPSA) is 87.7 Å². The Morgan fingerprint density at radius 2 is 1.62 bits per heavy atom. The van der Waals surface area contributed by atoms with E-state index in [9.17, 15) is 19.8 Å². The summed E-state index contributed by atoms with van der Waals surface area (Å²) in [5.74, 6) is -0.524. The van der Waals surface area contributed by atoms with E-state index in [1.165, 1.54) is 0 Å². The van der Waals surface area contributed by atoms with Crippen molar-refractivity contribution in [1.82, 2.24) is 0 Å². The minimum Gasteiger partial charge on any atom is -0.507 e. The Balaban J connectivity index is 2.34. The molecule has 0 atom stereocenters. The van der Waals surface area contributed by atoms with Gasteiger partial charge >= 0.3 is 5.97 Å². The summed E-state index contributed by atoms with van der Waals surface area (Å²) in [6, 6.07) is 10.3. The Morgan fingerprint density at radius 1 is 0.931 bits per heavy atom. The average molecular weight is 388 g/mol. The molecule has 1 heterocycles. The molecule has 0 fully saturated rings. The maximum atomic E-state index is 12.5. The molecule has 0 radical (unpaired) electrons. The molecule has 1 aliphatic heterocycles. The van der Waals surface area contributed by atoms with E-state index in [1.54, 1.807) is 64.1 Å². The van der Waals surface area contributed by atoms with Crippen molar-refractivity contribution in [2.75, 3.05) is 0 Å². The van der Waals surface area contributed by atoms with Gasteiger partial charge in [0.25, 0.3) is 0 Å². The second-order valence-corrected chi connectivity index (χ2v) is 7.40. The molecular weight excluding hydrogens is 368 g/mol. The fourth-order valence-electron chi connectivity index (χ4n) is 3.96. The number of fused-ring (bicyclic) bond motifs is 2. The van der Waals surface area contributed by atoms with Crippen molar-refractivity contribution < 1.29 is 19.4 Å². The van der Waals surface area contributed by atoms with Gasteiger partial charge < -0.3 is 14.6 Å². The minimum absolute atomic E-state index is 0.116. The Morgan fingerprint density at radius 3 is 2.31 bits per heavy atom. The summed E-state index contributed by atoms with van der Waals surface area (Å²) in [4.78, 5) is 24.5.